The molecule has 0 aromatic heterocycles. The van der Waals surface area contributed by atoms with E-state index in [4.69, 9.17) is 15.6 Å². The van der Waals surface area contributed by atoms with Crippen LogP contribution in [0.5, 0.6) is 5.75 Å². The van der Waals surface area contributed by atoms with Crippen molar-refractivity contribution in [3.8, 4) is 5.75 Å². The molecule has 24 heavy (non-hydrogen) atoms. The van der Waals surface area contributed by atoms with Gasteiger partial charge in [-0.15, -0.1) is 0 Å². The third-order valence-corrected chi connectivity index (χ3v) is 3.62. The molecule has 128 valence electrons. The van der Waals surface area contributed by atoms with E-state index >= 15 is 0 Å². The zero-order valence-corrected chi connectivity index (χ0v) is 14.1. The molecule has 4 N–H and O–H groups in total. The standard InChI is InChI=1S/C19H24N2O3/c1-3-9-24-18-10-13(2)7-8-17(18)21-19(23)15-6-4-5-14(11-15)16(20)12-22/h4-8,10-11,16,22H,3,9,12,20H2,1-2H3,(H,21,23). The summed E-state index contributed by atoms with van der Waals surface area (Å²) in [5, 5.41) is 12.0. The second-order valence-corrected chi connectivity index (χ2v) is 5.72. The van der Waals surface area contributed by atoms with E-state index in [0.717, 1.165) is 17.5 Å². The van der Waals surface area contributed by atoms with Gasteiger partial charge in [0, 0.05) is 5.56 Å². The molecule has 0 aliphatic carbocycles. The molecule has 0 aliphatic rings. The van der Waals surface area contributed by atoms with E-state index in [1.165, 1.54) is 0 Å². The van der Waals surface area contributed by atoms with Gasteiger partial charge in [0.25, 0.3) is 5.91 Å². The molecule has 1 unspecified atom stereocenters. The zero-order chi connectivity index (χ0) is 17.5. The number of aliphatic hydroxyl groups excluding tert-OH is 1. The Kier molecular flexibility index (Phi) is 6.35. The highest BCUT2D eigenvalue weighted by Crippen LogP contribution is 2.26. The second-order valence-electron chi connectivity index (χ2n) is 5.72. The lowest BCUT2D eigenvalue weighted by Gasteiger charge is -2.14. The van der Waals surface area contributed by atoms with Crippen LogP contribution in [0.2, 0.25) is 0 Å². The third-order valence-electron chi connectivity index (χ3n) is 3.62. The molecular weight excluding hydrogens is 304 g/mol. The highest BCUT2D eigenvalue weighted by atomic mass is 16.5. The van der Waals surface area contributed by atoms with Gasteiger partial charge in [-0.3, -0.25) is 4.79 Å². The summed E-state index contributed by atoms with van der Waals surface area (Å²) in [4.78, 5) is 12.5. The van der Waals surface area contributed by atoms with Gasteiger partial charge >= 0.3 is 0 Å². The number of hydrogen-bond acceptors (Lipinski definition) is 4. The van der Waals surface area contributed by atoms with E-state index in [-0.39, 0.29) is 12.5 Å². The fourth-order valence-electron chi connectivity index (χ4n) is 2.27. The topological polar surface area (TPSA) is 84.6 Å². The molecule has 0 saturated carbocycles. The maximum atomic E-state index is 12.5. The molecule has 1 atom stereocenters. The van der Waals surface area contributed by atoms with Gasteiger partial charge in [-0.1, -0.05) is 25.1 Å². The molecule has 0 fully saturated rings. The predicted molar refractivity (Wildman–Crippen MR) is 95.4 cm³/mol. The minimum atomic E-state index is -0.499. The third kappa shape index (κ3) is 4.57. The van der Waals surface area contributed by atoms with Crippen LogP contribution in [0.3, 0.4) is 0 Å². The van der Waals surface area contributed by atoms with E-state index in [9.17, 15) is 4.79 Å². The van der Waals surface area contributed by atoms with Gasteiger partial charge in [0.15, 0.2) is 0 Å². The first-order valence-corrected chi connectivity index (χ1v) is 8.06. The summed E-state index contributed by atoms with van der Waals surface area (Å²) in [5.74, 6) is 0.417. The maximum absolute atomic E-state index is 12.5. The van der Waals surface area contributed by atoms with E-state index < -0.39 is 6.04 Å². The highest BCUT2D eigenvalue weighted by molar-refractivity contribution is 6.05. The van der Waals surface area contributed by atoms with Crippen LogP contribution < -0.4 is 15.8 Å². The Morgan fingerprint density at radius 1 is 1.29 bits per heavy atom. The number of hydrogen-bond donors (Lipinski definition) is 3. The number of ether oxygens (including phenoxy) is 1. The second kappa shape index (κ2) is 8.47. The van der Waals surface area contributed by atoms with Crippen molar-refractivity contribution in [2.75, 3.05) is 18.5 Å². The summed E-state index contributed by atoms with van der Waals surface area (Å²) >= 11 is 0. The summed E-state index contributed by atoms with van der Waals surface area (Å²) in [6, 6.07) is 12.1. The van der Waals surface area contributed by atoms with Crippen LogP contribution >= 0.6 is 0 Å². The fraction of sp³-hybridized carbons (Fsp3) is 0.316. The molecule has 0 aliphatic heterocycles. The van der Waals surface area contributed by atoms with Crippen molar-refractivity contribution in [2.45, 2.75) is 26.3 Å². The maximum Gasteiger partial charge on any atom is 0.255 e. The van der Waals surface area contributed by atoms with Gasteiger partial charge in [-0.25, -0.2) is 0 Å². The van der Waals surface area contributed by atoms with Gasteiger partial charge < -0.3 is 20.9 Å². The van der Waals surface area contributed by atoms with Crippen LogP contribution in [0, 0.1) is 6.92 Å². The lowest BCUT2D eigenvalue weighted by atomic mass is 10.0. The number of carbonyl (C=O) groups is 1. The Morgan fingerprint density at radius 2 is 2.08 bits per heavy atom. The van der Waals surface area contributed by atoms with Crippen molar-refractivity contribution in [3.05, 3.63) is 59.2 Å². The molecule has 2 rings (SSSR count). The first kappa shape index (κ1) is 18.0. The van der Waals surface area contributed by atoms with Gasteiger partial charge in [-0.2, -0.15) is 0 Å². The van der Waals surface area contributed by atoms with E-state index in [2.05, 4.69) is 5.32 Å². The number of nitrogens with one attached hydrogen (secondary N) is 1. The first-order chi connectivity index (χ1) is 11.5. The van der Waals surface area contributed by atoms with Crippen LogP contribution in [0.15, 0.2) is 42.5 Å². The Balaban J connectivity index is 2.20. The highest BCUT2D eigenvalue weighted by Gasteiger charge is 2.12. The summed E-state index contributed by atoms with van der Waals surface area (Å²) in [7, 11) is 0. The Bertz CT molecular complexity index is 701. The van der Waals surface area contributed by atoms with Gasteiger partial charge in [-0.05, 0) is 48.7 Å². The Morgan fingerprint density at radius 3 is 2.79 bits per heavy atom. The predicted octanol–water partition coefficient (Wildman–Crippen LogP) is 3.03. The molecule has 0 bridgehead atoms. The molecule has 5 nitrogen and oxygen atoms in total. The average molecular weight is 328 g/mol. The molecule has 5 heteroatoms. The smallest absolute Gasteiger partial charge is 0.255 e. The Hall–Kier alpha value is -2.37. The minimum Gasteiger partial charge on any atom is -0.491 e. The molecule has 0 saturated heterocycles. The van der Waals surface area contributed by atoms with E-state index in [1.54, 1.807) is 24.3 Å². The fourth-order valence-corrected chi connectivity index (χ4v) is 2.27. The first-order valence-electron chi connectivity index (χ1n) is 8.06. The van der Waals surface area contributed by atoms with Gasteiger partial charge in [0.1, 0.15) is 5.75 Å². The van der Waals surface area contributed by atoms with Crippen LogP contribution in [-0.4, -0.2) is 24.2 Å². The zero-order valence-electron chi connectivity index (χ0n) is 14.1. The SMILES string of the molecule is CCCOc1cc(C)ccc1NC(=O)c1cccc(C(N)CO)c1. The Labute approximate surface area is 142 Å². The van der Waals surface area contributed by atoms with Crippen molar-refractivity contribution in [1.29, 1.82) is 0 Å². The van der Waals surface area contributed by atoms with Crippen LogP contribution in [-0.2, 0) is 0 Å². The number of amides is 1. The lowest BCUT2D eigenvalue weighted by molar-refractivity contribution is 0.102. The largest absolute Gasteiger partial charge is 0.491 e. The number of aliphatic hydroxyl groups is 1. The van der Waals surface area contributed by atoms with Crippen molar-refractivity contribution >= 4 is 11.6 Å². The number of aryl methyl sites for hydroxylation is 1. The normalized spacial score (nSPS) is 11.8. The number of nitrogens with two attached hydrogens (primary N) is 1. The molecule has 2 aromatic carbocycles. The quantitative estimate of drug-likeness (QED) is 0.729. The number of benzene rings is 2. The van der Waals surface area contributed by atoms with Crippen LogP contribution in [0.25, 0.3) is 0 Å². The minimum absolute atomic E-state index is 0.169. The molecule has 0 radical (unpaired) electrons. The number of anilines is 1. The number of rotatable bonds is 7. The van der Waals surface area contributed by atoms with Crippen molar-refractivity contribution in [1.82, 2.24) is 0 Å². The molecular formula is C19H24N2O3. The van der Waals surface area contributed by atoms with Crippen LogP contribution in [0.4, 0.5) is 5.69 Å². The summed E-state index contributed by atoms with van der Waals surface area (Å²) in [5.41, 5.74) is 8.71. The van der Waals surface area contributed by atoms with Gasteiger partial charge in [0.2, 0.25) is 0 Å². The summed E-state index contributed by atoms with van der Waals surface area (Å²) < 4.78 is 5.72. The monoisotopic (exact) mass is 328 g/mol. The molecule has 2 aromatic rings. The van der Waals surface area contributed by atoms with E-state index in [1.807, 2.05) is 32.0 Å². The number of carbonyl (C=O) groups excluding carboxylic acids is 1. The molecule has 0 heterocycles. The van der Waals surface area contributed by atoms with Crippen molar-refractivity contribution in [3.63, 3.8) is 0 Å². The summed E-state index contributed by atoms with van der Waals surface area (Å²) in [6.07, 6.45) is 0.891. The van der Waals surface area contributed by atoms with Crippen molar-refractivity contribution < 1.29 is 14.6 Å². The average Bonchev–Trinajstić information content (AvgIpc) is 2.61. The summed E-state index contributed by atoms with van der Waals surface area (Å²) in [6.45, 7) is 4.43. The van der Waals surface area contributed by atoms with Crippen LogP contribution in [0.1, 0.15) is 40.9 Å². The lowest BCUT2D eigenvalue weighted by Crippen LogP contribution is -2.17. The van der Waals surface area contributed by atoms with E-state index in [0.29, 0.717) is 23.6 Å². The van der Waals surface area contributed by atoms with Gasteiger partial charge in [0.05, 0.1) is 24.9 Å². The molecule has 1 amide bonds. The molecule has 0 spiro atoms. The van der Waals surface area contributed by atoms with Crippen molar-refractivity contribution in [2.24, 2.45) is 5.73 Å².